The third-order valence-corrected chi connectivity index (χ3v) is 4.35. The number of nitro benzene ring substituents is 2. The van der Waals surface area contributed by atoms with Gasteiger partial charge < -0.3 is 9.47 Å². The highest BCUT2D eigenvalue weighted by Gasteiger charge is 2.32. The number of non-ortho nitro benzene ring substituents is 2. The maximum Gasteiger partial charge on any atom is 0.338 e. The zero-order valence-electron chi connectivity index (χ0n) is 16.6. The Morgan fingerprint density at radius 2 is 1.38 bits per heavy atom. The average Bonchev–Trinajstić information content (AvgIpc) is 2.80. The van der Waals surface area contributed by atoms with E-state index in [1.807, 2.05) is 0 Å². The summed E-state index contributed by atoms with van der Waals surface area (Å²) in [7, 11) is 0. The molecule has 0 aliphatic rings. The van der Waals surface area contributed by atoms with Gasteiger partial charge in [0.1, 0.15) is 6.10 Å². The Bertz CT molecular complexity index is 1010. The highest BCUT2D eigenvalue weighted by Crippen LogP contribution is 2.19. The van der Waals surface area contributed by atoms with Gasteiger partial charge in [-0.1, -0.05) is 6.92 Å². The summed E-state index contributed by atoms with van der Waals surface area (Å²) in [6, 6.07) is 8.94. The van der Waals surface area contributed by atoms with Gasteiger partial charge in [-0.05, 0) is 24.3 Å². The van der Waals surface area contributed by atoms with Gasteiger partial charge in [0.05, 0.1) is 27.6 Å². The Labute approximate surface area is 180 Å². The van der Waals surface area contributed by atoms with Crippen LogP contribution in [0.25, 0.3) is 0 Å². The normalized spacial score (nSPS) is 13.3. The number of ether oxygens (including phenoxy) is 2. The molecule has 0 aliphatic heterocycles. The molecule has 2 aromatic rings. The maximum absolute atomic E-state index is 14.1. The first-order chi connectivity index (χ1) is 15.1. The van der Waals surface area contributed by atoms with Gasteiger partial charge in [0.25, 0.3) is 11.4 Å². The van der Waals surface area contributed by atoms with Gasteiger partial charge in [-0.25, -0.2) is 14.0 Å². The summed E-state index contributed by atoms with van der Waals surface area (Å²) in [4.78, 5) is 55.3. The lowest BCUT2D eigenvalue weighted by molar-refractivity contribution is -0.385. The molecule has 0 heterocycles. The highest BCUT2D eigenvalue weighted by atomic mass is 19.1. The number of hydrogen-bond acceptors (Lipinski definition) is 9. The number of rotatable bonds is 10. The molecular formula is C20H17FN2O9. The van der Waals surface area contributed by atoms with E-state index >= 15 is 0 Å². The van der Waals surface area contributed by atoms with E-state index in [0.717, 1.165) is 36.4 Å². The van der Waals surface area contributed by atoms with Crippen LogP contribution in [-0.4, -0.2) is 47.0 Å². The fourth-order valence-corrected chi connectivity index (χ4v) is 2.59. The van der Waals surface area contributed by atoms with Crippen molar-refractivity contribution in [3.8, 4) is 0 Å². The lowest BCUT2D eigenvalue weighted by Gasteiger charge is -2.24. The number of alkyl halides is 1. The van der Waals surface area contributed by atoms with Gasteiger partial charge >= 0.3 is 11.9 Å². The van der Waals surface area contributed by atoms with Crippen LogP contribution < -0.4 is 0 Å². The molecule has 2 aromatic carbocycles. The average molecular weight is 448 g/mol. The second-order valence-corrected chi connectivity index (χ2v) is 6.63. The number of esters is 2. The molecule has 0 aromatic heterocycles. The number of nitro groups is 2. The fourth-order valence-electron chi connectivity index (χ4n) is 2.59. The minimum Gasteiger partial charge on any atom is -0.462 e. The molecule has 32 heavy (non-hydrogen) atoms. The van der Waals surface area contributed by atoms with Crippen molar-refractivity contribution in [1.82, 2.24) is 0 Å². The standard InChI is InChI=1S/C20H17FN2O9/c1-12(11-31-19(25)13-2-6-15(7-3-13)22(27)28)18(17(21)10-24)32-20(26)14-4-8-16(9-5-14)23(29)30/h2-10,12,17-18H,11H2,1H3/t12-,17+,18+/m0/s1. The van der Waals surface area contributed by atoms with E-state index in [1.54, 1.807) is 0 Å². The number of halogens is 1. The number of carbonyl (C=O) groups is 3. The molecule has 0 amide bonds. The van der Waals surface area contributed by atoms with Gasteiger partial charge in [0.2, 0.25) is 0 Å². The van der Waals surface area contributed by atoms with Crippen molar-refractivity contribution in [2.24, 2.45) is 5.92 Å². The van der Waals surface area contributed by atoms with E-state index in [1.165, 1.54) is 19.1 Å². The van der Waals surface area contributed by atoms with Crippen LogP contribution in [0, 0.1) is 26.1 Å². The van der Waals surface area contributed by atoms with Crippen molar-refractivity contribution < 1.29 is 38.1 Å². The Kier molecular flexibility index (Phi) is 8.04. The van der Waals surface area contributed by atoms with Crippen LogP contribution in [-0.2, 0) is 14.3 Å². The number of aldehydes is 1. The smallest absolute Gasteiger partial charge is 0.338 e. The number of nitrogens with zero attached hydrogens (tertiary/aromatic N) is 2. The molecule has 0 radical (unpaired) electrons. The van der Waals surface area contributed by atoms with Crippen LogP contribution in [0.2, 0.25) is 0 Å². The molecule has 0 fully saturated rings. The summed E-state index contributed by atoms with van der Waals surface area (Å²) < 4.78 is 24.2. The summed E-state index contributed by atoms with van der Waals surface area (Å²) in [5.74, 6) is -2.82. The first kappa shape index (κ1) is 24.1. The third-order valence-electron chi connectivity index (χ3n) is 4.35. The zero-order chi connectivity index (χ0) is 23.8. The van der Waals surface area contributed by atoms with Crippen LogP contribution in [0.15, 0.2) is 48.5 Å². The minimum atomic E-state index is -2.22. The largest absolute Gasteiger partial charge is 0.462 e. The van der Waals surface area contributed by atoms with Crippen molar-refractivity contribution in [2.45, 2.75) is 19.2 Å². The van der Waals surface area contributed by atoms with Gasteiger partial charge in [0, 0.05) is 30.2 Å². The predicted molar refractivity (Wildman–Crippen MR) is 106 cm³/mol. The molecule has 12 heteroatoms. The molecule has 0 spiro atoms. The summed E-state index contributed by atoms with van der Waals surface area (Å²) in [6.45, 7) is 0.954. The molecule has 0 bridgehead atoms. The second-order valence-electron chi connectivity index (χ2n) is 6.63. The van der Waals surface area contributed by atoms with E-state index in [9.17, 15) is 39.0 Å². The molecular weight excluding hydrogens is 431 g/mol. The lowest BCUT2D eigenvalue weighted by atomic mass is 10.0. The summed E-state index contributed by atoms with van der Waals surface area (Å²) in [5, 5.41) is 21.3. The minimum absolute atomic E-state index is 0.00871. The molecule has 0 saturated heterocycles. The Morgan fingerprint density at radius 1 is 0.938 bits per heavy atom. The predicted octanol–water partition coefficient (Wildman–Crippen LogP) is 3.06. The van der Waals surface area contributed by atoms with Crippen LogP contribution in [0.5, 0.6) is 0 Å². The Hall–Kier alpha value is -4.22. The molecule has 3 atom stereocenters. The van der Waals surface area contributed by atoms with E-state index in [4.69, 9.17) is 9.47 Å². The third kappa shape index (κ3) is 6.14. The summed E-state index contributed by atoms with van der Waals surface area (Å²) in [6.07, 6.45) is -3.88. The fraction of sp³-hybridized carbons (Fsp3) is 0.250. The number of carbonyl (C=O) groups excluding carboxylic acids is 3. The van der Waals surface area contributed by atoms with Crippen LogP contribution in [0.4, 0.5) is 15.8 Å². The summed E-state index contributed by atoms with van der Waals surface area (Å²) in [5.41, 5.74) is -0.580. The van der Waals surface area contributed by atoms with Gasteiger partial charge in [-0.3, -0.25) is 25.0 Å². The van der Waals surface area contributed by atoms with Crippen molar-refractivity contribution >= 4 is 29.6 Å². The number of benzene rings is 2. The van der Waals surface area contributed by atoms with Crippen molar-refractivity contribution in [1.29, 1.82) is 0 Å². The molecule has 2 rings (SSSR count). The molecule has 168 valence electrons. The highest BCUT2D eigenvalue weighted by molar-refractivity contribution is 5.90. The molecule has 0 aliphatic carbocycles. The van der Waals surface area contributed by atoms with E-state index in [2.05, 4.69) is 0 Å². The van der Waals surface area contributed by atoms with Crippen molar-refractivity contribution in [3.63, 3.8) is 0 Å². The van der Waals surface area contributed by atoms with Crippen LogP contribution >= 0.6 is 0 Å². The molecule has 0 N–H and O–H groups in total. The van der Waals surface area contributed by atoms with Gasteiger partial charge in [-0.15, -0.1) is 0 Å². The Morgan fingerprint density at radius 3 is 1.78 bits per heavy atom. The number of hydrogen-bond donors (Lipinski definition) is 0. The Balaban J connectivity index is 2.03. The topological polar surface area (TPSA) is 156 Å². The first-order valence-electron chi connectivity index (χ1n) is 9.10. The molecule has 0 unspecified atom stereocenters. The zero-order valence-corrected chi connectivity index (χ0v) is 16.6. The van der Waals surface area contributed by atoms with Crippen molar-refractivity contribution in [3.05, 3.63) is 79.9 Å². The van der Waals surface area contributed by atoms with Crippen LogP contribution in [0.1, 0.15) is 27.6 Å². The van der Waals surface area contributed by atoms with Crippen molar-refractivity contribution in [2.75, 3.05) is 6.61 Å². The van der Waals surface area contributed by atoms with E-state index < -0.39 is 46.6 Å². The molecule has 0 saturated carbocycles. The monoisotopic (exact) mass is 448 g/mol. The summed E-state index contributed by atoms with van der Waals surface area (Å²) >= 11 is 0. The van der Waals surface area contributed by atoms with E-state index in [-0.39, 0.29) is 28.8 Å². The maximum atomic E-state index is 14.1. The van der Waals surface area contributed by atoms with Gasteiger partial charge in [0.15, 0.2) is 12.5 Å². The quantitative estimate of drug-likeness (QED) is 0.231. The SMILES string of the molecule is C[C@@H](COC(=O)c1ccc([N+](=O)[O-])cc1)[C@@H](OC(=O)c1ccc([N+](=O)[O-])cc1)[C@H](F)C=O. The molecule has 11 nitrogen and oxygen atoms in total. The van der Waals surface area contributed by atoms with E-state index in [0.29, 0.717) is 0 Å². The lowest BCUT2D eigenvalue weighted by Crippen LogP contribution is -2.37. The van der Waals surface area contributed by atoms with Gasteiger partial charge in [-0.2, -0.15) is 0 Å². The van der Waals surface area contributed by atoms with Crippen LogP contribution in [0.3, 0.4) is 0 Å². The first-order valence-corrected chi connectivity index (χ1v) is 9.10. The second kappa shape index (κ2) is 10.7.